The lowest BCUT2D eigenvalue weighted by Gasteiger charge is -2.15. The van der Waals surface area contributed by atoms with Crippen molar-refractivity contribution in [2.45, 2.75) is 13.0 Å². The van der Waals surface area contributed by atoms with E-state index in [1.165, 1.54) is 13.0 Å². The van der Waals surface area contributed by atoms with E-state index in [0.29, 0.717) is 10.7 Å². The highest BCUT2D eigenvalue weighted by Gasteiger charge is 2.17. The number of benzene rings is 2. The molecule has 1 N–H and O–H groups in total. The van der Waals surface area contributed by atoms with Crippen molar-refractivity contribution in [3.8, 4) is 5.75 Å². The zero-order valence-electron chi connectivity index (χ0n) is 11.4. The second-order valence-electron chi connectivity index (χ2n) is 4.43. The van der Waals surface area contributed by atoms with Gasteiger partial charge in [0.1, 0.15) is 5.75 Å². The molecule has 0 bridgehead atoms. The molecule has 0 saturated carbocycles. The van der Waals surface area contributed by atoms with Crippen molar-refractivity contribution in [1.29, 1.82) is 0 Å². The molecule has 116 valence electrons. The largest absolute Gasteiger partial charge is 0.481 e. The second-order valence-corrected chi connectivity index (χ2v) is 5.21. The Labute approximate surface area is 135 Å². The maximum Gasteiger partial charge on any atom is 0.265 e. The van der Waals surface area contributed by atoms with Gasteiger partial charge < -0.3 is 10.1 Å². The number of anilines is 1. The lowest BCUT2D eigenvalue weighted by molar-refractivity contribution is -0.122. The number of carbonyl (C=O) groups is 1. The van der Waals surface area contributed by atoms with Gasteiger partial charge in [-0.2, -0.15) is 0 Å². The Hall–Kier alpha value is -1.85. The number of hydrogen-bond donors (Lipinski definition) is 1. The first-order valence-electron chi connectivity index (χ1n) is 6.25. The minimum absolute atomic E-state index is 0.0405. The number of nitrogens with one attached hydrogen (secondary N) is 1. The van der Waals surface area contributed by atoms with E-state index >= 15 is 0 Å². The van der Waals surface area contributed by atoms with E-state index < -0.39 is 23.6 Å². The summed E-state index contributed by atoms with van der Waals surface area (Å²) < 4.78 is 31.2. The number of halogens is 4. The Morgan fingerprint density at radius 3 is 2.59 bits per heavy atom. The van der Waals surface area contributed by atoms with Gasteiger partial charge in [0.15, 0.2) is 17.7 Å². The van der Waals surface area contributed by atoms with E-state index in [4.69, 9.17) is 27.9 Å². The first-order chi connectivity index (χ1) is 10.4. The average molecular weight is 346 g/mol. The number of ether oxygens (including phenoxy) is 1. The van der Waals surface area contributed by atoms with Gasteiger partial charge >= 0.3 is 0 Å². The Kier molecular flexibility index (Phi) is 5.21. The summed E-state index contributed by atoms with van der Waals surface area (Å²) in [4.78, 5) is 12.0. The van der Waals surface area contributed by atoms with Gasteiger partial charge in [-0.3, -0.25) is 4.79 Å². The van der Waals surface area contributed by atoms with Crippen LogP contribution in [0.3, 0.4) is 0 Å². The van der Waals surface area contributed by atoms with Crippen molar-refractivity contribution in [3.05, 3.63) is 58.1 Å². The molecule has 0 fully saturated rings. The summed E-state index contributed by atoms with van der Waals surface area (Å²) in [5.74, 6) is -2.51. The standard InChI is InChI=1S/C15H11Cl2F2NO2/c1-8(22-9-5-6-11(18)12(19)7-9)15(21)20-13-4-2-3-10(16)14(13)17/h2-8H,1H3,(H,20,21). The van der Waals surface area contributed by atoms with Crippen LogP contribution >= 0.6 is 23.2 Å². The summed E-state index contributed by atoms with van der Waals surface area (Å²) in [5, 5.41) is 3.05. The van der Waals surface area contributed by atoms with E-state index in [9.17, 15) is 13.6 Å². The van der Waals surface area contributed by atoms with Gasteiger partial charge in [0.2, 0.25) is 0 Å². The van der Waals surface area contributed by atoms with E-state index in [-0.39, 0.29) is 10.8 Å². The maximum absolute atomic E-state index is 13.1. The molecule has 0 aliphatic rings. The zero-order chi connectivity index (χ0) is 16.3. The van der Waals surface area contributed by atoms with E-state index in [2.05, 4.69) is 5.32 Å². The predicted octanol–water partition coefficient (Wildman–Crippen LogP) is 4.68. The van der Waals surface area contributed by atoms with Crippen LogP contribution in [0.2, 0.25) is 10.0 Å². The molecule has 0 heterocycles. The lowest BCUT2D eigenvalue weighted by atomic mass is 10.3. The fraction of sp³-hybridized carbons (Fsp3) is 0.133. The fourth-order valence-corrected chi connectivity index (χ4v) is 1.99. The summed E-state index contributed by atoms with van der Waals surface area (Å²) in [7, 11) is 0. The van der Waals surface area contributed by atoms with Crippen LogP contribution in [-0.2, 0) is 4.79 Å². The third-order valence-corrected chi connectivity index (χ3v) is 3.60. The van der Waals surface area contributed by atoms with Crippen molar-refractivity contribution in [2.24, 2.45) is 0 Å². The van der Waals surface area contributed by atoms with Crippen LogP contribution in [0.1, 0.15) is 6.92 Å². The summed E-state index contributed by atoms with van der Waals surface area (Å²) in [6.07, 6.45) is -0.945. The molecule has 22 heavy (non-hydrogen) atoms. The third-order valence-electron chi connectivity index (χ3n) is 2.78. The monoisotopic (exact) mass is 345 g/mol. The average Bonchev–Trinajstić information content (AvgIpc) is 2.47. The summed E-state index contributed by atoms with van der Waals surface area (Å²) in [5.41, 5.74) is 0.333. The molecule has 3 nitrogen and oxygen atoms in total. The predicted molar refractivity (Wildman–Crippen MR) is 81.5 cm³/mol. The molecule has 0 saturated heterocycles. The number of amides is 1. The van der Waals surface area contributed by atoms with Crippen LogP contribution in [0.5, 0.6) is 5.75 Å². The highest BCUT2D eigenvalue weighted by atomic mass is 35.5. The number of rotatable bonds is 4. The molecular formula is C15H11Cl2F2NO2. The summed E-state index contributed by atoms with van der Waals surface area (Å²) >= 11 is 11.8. The van der Waals surface area contributed by atoms with E-state index in [1.54, 1.807) is 18.2 Å². The zero-order valence-corrected chi connectivity index (χ0v) is 12.9. The SMILES string of the molecule is CC(Oc1ccc(F)c(F)c1)C(=O)Nc1cccc(Cl)c1Cl. The van der Waals surface area contributed by atoms with Crippen LogP contribution in [-0.4, -0.2) is 12.0 Å². The molecule has 0 aliphatic carbocycles. The Morgan fingerprint density at radius 2 is 1.91 bits per heavy atom. The number of carbonyl (C=O) groups excluding carboxylic acids is 1. The molecule has 0 aliphatic heterocycles. The molecule has 0 aromatic heterocycles. The van der Waals surface area contributed by atoms with Gasteiger partial charge in [0.05, 0.1) is 15.7 Å². The Morgan fingerprint density at radius 1 is 1.18 bits per heavy atom. The molecule has 2 aromatic rings. The van der Waals surface area contributed by atoms with E-state index in [0.717, 1.165) is 12.1 Å². The molecule has 0 radical (unpaired) electrons. The molecular weight excluding hydrogens is 335 g/mol. The van der Waals surface area contributed by atoms with Crippen LogP contribution < -0.4 is 10.1 Å². The minimum Gasteiger partial charge on any atom is -0.481 e. The normalized spacial score (nSPS) is 11.9. The molecule has 0 spiro atoms. The summed E-state index contributed by atoms with van der Waals surface area (Å²) in [6.45, 7) is 1.47. The quantitative estimate of drug-likeness (QED) is 0.873. The molecule has 1 amide bonds. The first kappa shape index (κ1) is 16.5. The maximum atomic E-state index is 13.1. The van der Waals surface area contributed by atoms with Crippen molar-refractivity contribution in [2.75, 3.05) is 5.32 Å². The molecule has 7 heteroatoms. The minimum atomic E-state index is -1.05. The van der Waals surface area contributed by atoms with Crippen molar-refractivity contribution in [1.82, 2.24) is 0 Å². The molecule has 1 atom stereocenters. The summed E-state index contributed by atoms with van der Waals surface area (Å²) in [6, 6.07) is 7.81. The molecule has 2 rings (SSSR count). The van der Waals surface area contributed by atoms with Gasteiger partial charge in [0.25, 0.3) is 5.91 Å². The van der Waals surface area contributed by atoms with Crippen molar-refractivity contribution in [3.63, 3.8) is 0 Å². The highest BCUT2D eigenvalue weighted by molar-refractivity contribution is 6.44. The Balaban J connectivity index is 2.06. The van der Waals surface area contributed by atoms with Gasteiger partial charge in [-0.1, -0.05) is 29.3 Å². The van der Waals surface area contributed by atoms with Gasteiger partial charge in [-0.25, -0.2) is 8.78 Å². The van der Waals surface area contributed by atoms with E-state index in [1.807, 2.05) is 0 Å². The highest BCUT2D eigenvalue weighted by Crippen LogP contribution is 2.29. The second kappa shape index (κ2) is 6.94. The van der Waals surface area contributed by atoms with Crippen LogP contribution in [0.15, 0.2) is 36.4 Å². The van der Waals surface area contributed by atoms with Gasteiger partial charge in [0, 0.05) is 6.07 Å². The molecule has 1 unspecified atom stereocenters. The van der Waals surface area contributed by atoms with Crippen molar-refractivity contribution < 1.29 is 18.3 Å². The van der Waals surface area contributed by atoms with Crippen LogP contribution in [0.4, 0.5) is 14.5 Å². The fourth-order valence-electron chi connectivity index (χ4n) is 1.64. The van der Waals surface area contributed by atoms with Gasteiger partial charge in [-0.15, -0.1) is 0 Å². The van der Waals surface area contributed by atoms with Crippen LogP contribution in [0.25, 0.3) is 0 Å². The lowest BCUT2D eigenvalue weighted by Crippen LogP contribution is -2.30. The third kappa shape index (κ3) is 3.87. The first-order valence-corrected chi connectivity index (χ1v) is 7.00. The van der Waals surface area contributed by atoms with Crippen LogP contribution in [0, 0.1) is 11.6 Å². The topological polar surface area (TPSA) is 38.3 Å². The van der Waals surface area contributed by atoms with Gasteiger partial charge in [-0.05, 0) is 31.2 Å². The van der Waals surface area contributed by atoms with Crippen molar-refractivity contribution >= 4 is 34.8 Å². The number of hydrogen-bond acceptors (Lipinski definition) is 2. The molecule has 2 aromatic carbocycles. The smallest absolute Gasteiger partial charge is 0.265 e. The Bertz CT molecular complexity index is 710.